The molecule has 0 saturated carbocycles. The molecule has 0 saturated heterocycles. The number of esters is 1. The van der Waals surface area contributed by atoms with Crippen LogP contribution in [0.1, 0.15) is 28.5 Å². The predicted octanol–water partition coefficient (Wildman–Crippen LogP) is 2.25. The van der Waals surface area contributed by atoms with Crippen LogP contribution in [0, 0.1) is 0 Å². The molecule has 1 aliphatic carbocycles. The van der Waals surface area contributed by atoms with Crippen molar-refractivity contribution in [3.05, 3.63) is 34.2 Å². The standard InChI is InChI=1S/C15H17ClN4O2.ClH/c1-2-22-15(21)14-10-4-3-9-8-18-12(16)7-11(9)13(10)19-20(14)6-5-17;/h7-8H,2-6,17H2,1H3;1H. The molecule has 2 aromatic heterocycles. The Morgan fingerprint density at radius 3 is 2.96 bits per heavy atom. The van der Waals surface area contributed by atoms with Crippen molar-refractivity contribution < 1.29 is 9.53 Å². The number of ether oxygens (including phenoxy) is 1. The summed E-state index contributed by atoms with van der Waals surface area (Å²) in [6.45, 7) is 2.98. The quantitative estimate of drug-likeness (QED) is 0.670. The third kappa shape index (κ3) is 3.20. The van der Waals surface area contributed by atoms with E-state index in [9.17, 15) is 4.79 Å². The fraction of sp³-hybridized carbons (Fsp3) is 0.400. The first kappa shape index (κ1) is 17.7. The third-order valence-corrected chi connectivity index (χ3v) is 3.92. The van der Waals surface area contributed by atoms with E-state index in [0.29, 0.717) is 30.5 Å². The minimum atomic E-state index is -0.353. The smallest absolute Gasteiger partial charge is 0.356 e. The Hall–Kier alpha value is -1.63. The van der Waals surface area contributed by atoms with E-state index in [1.165, 1.54) is 0 Å². The molecule has 0 fully saturated rings. The zero-order chi connectivity index (χ0) is 15.7. The van der Waals surface area contributed by atoms with Gasteiger partial charge in [-0.2, -0.15) is 5.10 Å². The summed E-state index contributed by atoms with van der Waals surface area (Å²) in [5.41, 5.74) is 9.84. The minimum absolute atomic E-state index is 0. The van der Waals surface area contributed by atoms with Crippen LogP contribution in [-0.2, 0) is 24.1 Å². The van der Waals surface area contributed by atoms with Gasteiger partial charge in [0.15, 0.2) is 0 Å². The molecule has 0 bridgehead atoms. The number of nitrogens with two attached hydrogens (primary N) is 1. The van der Waals surface area contributed by atoms with Crippen LogP contribution in [0.2, 0.25) is 5.15 Å². The summed E-state index contributed by atoms with van der Waals surface area (Å²) in [4.78, 5) is 16.4. The zero-order valence-corrected chi connectivity index (χ0v) is 14.3. The van der Waals surface area contributed by atoms with Crippen molar-refractivity contribution in [2.45, 2.75) is 26.3 Å². The van der Waals surface area contributed by atoms with Gasteiger partial charge in [0, 0.05) is 23.9 Å². The maximum atomic E-state index is 12.3. The largest absolute Gasteiger partial charge is 0.461 e. The number of hydrogen-bond donors (Lipinski definition) is 1. The van der Waals surface area contributed by atoms with E-state index < -0.39 is 0 Å². The molecule has 0 spiro atoms. The summed E-state index contributed by atoms with van der Waals surface area (Å²) in [5, 5.41) is 4.99. The van der Waals surface area contributed by atoms with Crippen LogP contribution in [0.4, 0.5) is 0 Å². The Labute approximate surface area is 145 Å². The summed E-state index contributed by atoms with van der Waals surface area (Å²) >= 11 is 6.01. The molecule has 1 aliphatic rings. The zero-order valence-electron chi connectivity index (χ0n) is 12.7. The highest BCUT2D eigenvalue weighted by molar-refractivity contribution is 6.29. The Morgan fingerprint density at radius 1 is 1.48 bits per heavy atom. The number of aryl methyl sites for hydroxylation is 1. The van der Waals surface area contributed by atoms with Gasteiger partial charge in [0.2, 0.25) is 0 Å². The van der Waals surface area contributed by atoms with Gasteiger partial charge in [0.05, 0.1) is 18.8 Å². The molecule has 8 heteroatoms. The van der Waals surface area contributed by atoms with E-state index in [1.807, 2.05) is 0 Å². The maximum absolute atomic E-state index is 12.3. The average Bonchev–Trinajstić information content (AvgIpc) is 2.86. The number of rotatable bonds is 4. The molecule has 0 aliphatic heterocycles. The molecule has 0 atom stereocenters. The molecule has 2 aromatic rings. The number of halogens is 2. The number of carbonyl (C=O) groups is 1. The van der Waals surface area contributed by atoms with Crippen molar-refractivity contribution in [2.75, 3.05) is 13.2 Å². The van der Waals surface area contributed by atoms with Crippen molar-refractivity contribution in [1.82, 2.24) is 14.8 Å². The second kappa shape index (κ2) is 7.29. The lowest BCUT2D eigenvalue weighted by molar-refractivity contribution is 0.0510. The van der Waals surface area contributed by atoms with E-state index in [2.05, 4.69) is 10.1 Å². The fourth-order valence-electron chi connectivity index (χ4n) is 2.80. The number of fused-ring (bicyclic) bond motifs is 3. The Bertz CT molecular complexity index is 731. The summed E-state index contributed by atoms with van der Waals surface area (Å²) in [7, 11) is 0. The SMILES string of the molecule is CCOC(=O)c1c2c(nn1CCN)-c1cc(Cl)ncc1CC2.Cl. The van der Waals surface area contributed by atoms with Crippen molar-refractivity contribution >= 4 is 30.0 Å². The first-order chi connectivity index (χ1) is 10.7. The van der Waals surface area contributed by atoms with Crippen LogP contribution in [0.5, 0.6) is 0 Å². The Morgan fingerprint density at radius 2 is 2.26 bits per heavy atom. The maximum Gasteiger partial charge on any atom is 0.356 e. The van der Waals surface area contributed by atoms with Gasteiger partial charge in [-0.3, -0.25) is 4.68 Å². The molecule has 0 amide bonds. The highest BCUT2D eigenvalue weighted by Crippen LogP contribution is 2.35. The molecule has 2 heterocycles. The van der Waals surface area contributed by atoms with Crippen LogP contribution in [-0.4, -0.2) is 33.9 Å². The highest BCUT2D eigenvalue weighted by Gasteiger charge is 2.29. The van der Waals surface area contributed by atoms with Gasteiger partial charge in [-0.1, -0.05) is 11.6 Å². The number of pyridine rings is 1. The van der Waals surface area contributed by atoms with Gasteiger partial charge in [-0.05, 0) is 31.4 Å². The van der Waals surface area contributed by atoms with E-state index in [4.69, 9.17) is 22.1 Å². The predicted molar refractivity (Wildman–Crippen MR) is 90.1 cm³/mol. The van der Waals surface area contributed by atoms with Gasteiger partial charge < -0.3 is 10.5 Å². The van der Waals surface area contributed by atoms with Gasteiger partial charge >= 0.3 is 5.97 Å². The van der Waals surface area contributed by atoms with E-state index in [0.717, 1.165) is 35.2 Å². The molecule has 0 aromatic carbocycles. The second-order valence-corrected chi connectivity index (χ2v) is 5.46. The van der Waals surface area contributed by atoms with Crippen LogP contribution in [0.15, 0.2) is 12.3 Å². The Kier molecular flexibility index (Phi) is 5.62. The first-order valence-corrected chi connectivity index (χ1v) is 7.65. The summed E-state index contributed by atoms with van der Waals surface area (Å²) in [6.07, 6.45) is 3.30. The lowest BCUT2D eigenvalue weighted by Gasteiger charge is -2.15. The molecule has 0 unspecified atom stereocenters. The van der Waals surface area contributed by atoms with Crippen LogP contribution < -0.4 is 5.73 Å². The molecular formula is C15H18Cl2N4O2. The number of nitrogens with zero attached hydrogens (tertiary/aromatic N) is 3. The van der Waals surface area contributed by atoms with Crippen LogP contribution in [0.25, 0.3) is 11.3 Å². The van der Waals surface area contributed by atoms with Crippen LogP contribution in [0.3, 0.4) is 0 Å². The summed E-state index contributed by atoms with van der Waals surface area (Å²) in [6, 6.07) is 1.80. The van der Waals surface area contributed by atoms with E-state index in [-0.39, 0.29) is 18.4 Å². The molecule has 3 rings (SSSR count). The average molecular weight is 357 g/mol. The van der Waals surface area contributed by atoms with Crippen molar-refractivity contribution in [2.24, 2.45) is 5.73 Å². The normalized spacial score (nSPS) is 12.1. The van der Waals surface area contributed by atoms with Gasteiger partial charge in [-0.25, -0.2) is 9.78 Å². The fourth-order valence-corrected chi connectivity index (χ4v) is 2.96. The number of aromatic nitrogens is 3. The third-order valence-electron chi connectivity index (χ3n) is 3.71. The second-order valence-electron chi connectivity index (χ2n) is 5.07. The van der Waals surface area contributed by atoms with Crippen molar-refractivity contribution in [1.29, 1.82) is 0 Å². The molecule has 124 valence electrons. The van der Waals surface area contributed by atoms with Crippen molar-refractivity contribution in [3.63, 3.8) is 0 Å². The number of carbonyl (C=O) groups excluding carboxylic acids is 1. The number of hydrogen-bond acceptors (Lipinski definition) is 5. The molecule has 2 N–H and O–H groups in total. The molecule has 23 heavy (non-hydrogen) atoms. The minimum Gasteiger partial charge on any atom is -0.461 e. The van der Waals surface area contributed by atoms with Gasteiger partial charge in [0.25, 0.3) is 0 Å². The first-order valence-electron chi connectivity index (χ1n) is 7.27. The monoisotopic (exact) mass is 356 g/mol. The summed E-state index contributed by atoms with van der Waals surface area (Å²) in [5.74, 6) is -0.353. The lowest BCUT2D eigenvalue weighted by Crippen LogP contribution is -2.19. The van der Waals surface area contributed by atoms with Gasteiger partial charge in [-0.15, -0.1) is 12.4 Å². The molecule has 6 nitrogen and oxygen atoms in total. The lowest BCUT2D eigenvalue weighted by atomic mass is 9.90. The molecule has 0 radical (unpaired) electrons. The van der Waals surface area contributed by atoms with Gasteiger partial charge in [0.1, 0.15) is 10.8 Å². The molecular weight excluding hydrogens is 339 g/mol. The topological polar surface area (TPSA) is 83.0 Å². The van der Waals surface area contributed by atoms with Crippen molar-refractivity contribution in [3.8, 4) is 11.3 Å². The van der Waals surface area contributed by atoms with E-state index >= 15 is 0 Å². The van der Waals surface area contributed by atoms with Crippen LogP contribution >= 0.6 is 24.0 Å². The van der Waals surface area contributed by atoms with E-state index in [1.54, 1.807) is 23.9 Å². The summed E-state index contributed by atoms with van der Waals surface area (Å²) < 4.78 is 6.82. The highest BCUT2D eigenvalue weighted by atomic mass is 35.5. The Balaban J connectivity index is 0.00000192.